The fourth-order valence-corrected chi connectivity index (χ4v) is 2.86. The fraction of sp³-hybridized carbons (Fsp3) is 0.500. The minimum atomic E-state index is -3.65. The van der Waals surface area contributed by atoms with Gasteiger partial charge in [0.1, 0.15) is 6.61 Å². The molecule has 2 aliphatic rings. The summed E-state index contributed by atoms with van der Waals surface area (Å²) >= 11 is 0. The van der Waals surface area contributed by atoms with Crippen molar-refractivity contribution in [3.05, 3.63) is 35.9 Å². The Balaban J connectivity index is 1.88. The smallest absolute Gasteiger partial charge is 0.412 e. The van der Waals surface area contributed by atoms with Crippen molar-refractivity contribution in [3.63, 3.8) is 0 Å². The maximum atomic E-state index is 14.9. The van der Waals surface area contributed by atoms with Crippen molar-refractivity contribution in [1.82, 2.24) is 9.96 Å². The monoisotopic (exact) mass is 356 g/mol. The third-order valence-corrected chi connectivity index (χ3v) is 3.98. The van der Waals surface area contributed by atoms with E-state index in [0.29, 0.717) is 5.56 Å². The molecule has 0 unspecified atom stereocenters. The number of carbonyl (C=O) groups excluding carboxylic acids is 2. The number of rotatable bonds is 5. The molecule has 9 heteroatoms. The van der Waals surface area contributed by atoms with Crippen LogP contribution in [0.2, 0.25) is 0 Å². The van der Waals surface area contributed by atoms with E-state index in [9.17, 15) is 18.4 Å². The summed E-state index contributed by atoms with van der Waals surface area (Å²) in [5.74, 6) is -4.75. The van der Waals surface area contributed by atoms with Gasteiger partial charge in [0.25, 0.3) is 0 Å². The molecule has 2 aliphatic heterocycles. The first-order valence-corrected chi connectivity index (χ1v) is 7.90. The Morgan fingerprint density at radius 2 is 2.08 bits per heavy atom. The lowest BCUT2D eigenvalue weighted by Crippen LogP contribution is -2.52. The molecule has 7 nitrogen and oxygen atoms in total. The highest BCUT2D eigenvalue weighted by molar-refractivity contribution is 5.78. The van der Waals surface area contributed by atoms with Gasteiger partial charge in [0.05, 0.1) is 19.7 Å². The van der Waals surface area contributed by atoms with Crippen LogP contribution in [0.15, 0.2) is 30.3 Å². The van der Waals surface area contributed by atoms with Crippen molar-refractivity contribution >= 4 is 12.1 Å². The Labute approximate surface area is 143 Å². The molecule has 2 fully saturated rings. The van der Waals surface area contributed by atoms with Crippen LogP contribution in [0.3, 0.4) is 0 Å². The Hall–Kier alpha value is -2.26. The number of benzene rings is 1. The van der Waals surface area contributed by atoms with Gasteiger partial charge in [-0.3, -0.25) is 14.5 Å². The van der Waals surface area contributed by atoms with Crippen molar-refractivity contribution in [2.24, 2.45) is 0 Å². The summed E-state index contributed by atoms with van der Waals surface area (Å²) in [6.07, 6.45) is -2.81. The third-order valence-electron chi connectivity index (χ3n) is 3.98. The van der Waals surface area contributed by atoms with Crippen LogP contribution in [-0.2, 0) is 25.7 Å². The number of hydrogen-bond acceptors (Lipinski definition) is 6. The van der Waals surface area contributed by atoms with Crippen molar-refractivity contribution in [2.45, 2.75) is 31.7 Å². The van der Waals surface area contributed by atoms with Crippen LogP contribution in [0, 0.1) is 0 Å². The third kappa shape index (κ3) is 3.29. The summed E-state index contributed by atoms with van der Waals surface area (Å²) in [6.45, 7) is 1.40. The van der Waals surface area contributed by atoms with Crippen LogP contribution in [0.4, 0.5) is 13.6 Å². The number of carbonyl (C=O) groups is 2. The van der Waals surface area contributed by atoms with Gasteiger partial charge in [-0.25, -0.2) is 4.79 Å². The van der Waals surface area contributed by atoms with E-state index in [1.165, 1.54) is 6.92 Å². The molecule has 2 heterocycles. The normalized spacial score (nSPS) is 25.9. The Morgan fingerprint density at radius 1 is 1.36 bits per heavy atom. The van der Waals surface area contributed by atoms with E-state index in [1.807, 2.05) is 0 Å². The number of hydrogen-bond donors (Lipinski definition) is 0. The summed E-state index contributed by atoms with van der Waals surface area (Å²) in [6, 6.07) is 6.78. The van der Waals surface area contributed by atoms with E-state index < -0.39 is 30.3 Å². The number of hydroxylamine groups is 2. The zero-order chi connectivity index (χ0) is 18.0. The van der Waals surface area contributed by atoms with Gasteiger partial charge in [0, 0.05) is 0 Å². The summed E-state index contributed by atoms with van der Waals surface area (Å²) < 4.78 is 39.3. The van der Waals surface area contributed by atoms with Crippen LogP contribution >= 0.6 is 0 Å². The maximum absolute atomic E-state index is 14.9. The van der Waals surface area contributed by atoms with E-state index >= 15 is 0 Å². The predicted molar refractivity (Wildman–Crippen MR) is 80.3 cm³/mol. The standard InChI is InChI=1S/C16H18F2N2O5/c1-2-23-13(21)12-16(17,18)14(19-8-9-24-15(19)22)25-20(12)10-11-6-4-3-5-7-11/h3-7,12,14H,2,8-10H2,1H3/t12-,14+/m0/s1. The maximum Gasteiger partial charge on any atom is 0.412 e. The molecule has 0 aliphatic carbocycles. The second kappa shape index (κ2) is 6.93. The van der Waals surface area contributed by atoms with Gasteiger partial charge in [0.15, 0.2) is 0 Å². The highest BCUT2D eigenvalue weighted by Crippen LogP contribution is 2.40. The molecule has 0 aromatic heterocycles. The highest BCUT2D eigenvalue weighted by Gasteiger charge is 2.65. The minimum Gasteiger partial charge on any atom is -0.465 e. The van der Waals surface area contributed by atoms with Crippen LogP contribution in [-0.4, -0.2) is 60.0 Å². The lowest BCUT2D eigenvalue weighted by Gasteiger charge is -2.25. The molecule has 1 amide bonds. The highest BCUT2D eigenvalue weighted by atomic mass is 19.3. The van der Waals surface area contributed by atoms with Crippen molar-refractivity contribution in [1.29, 1.82) is 0 Å². The second-order valence-corrected chi connectivity index (χ2v) is 5.66. The van der Waals surface area contributed by atoms with Gasteiger partial charge in [-0.15, -0.1) is 0 Å². The summed E-state index contributed by atoms with van der Waals surface area (Å²) in [5.41, 5.74) is 0.678. The first kappa shape index (κ1) is 17.6. The molecular formula is C16H18F2N2O5. The number of amides is 1. The van der Waals surface area contributed by atoms with Gasteiger partial charge in [-0.05, 0) is 12.5 Å². The minimum absolute atomic E-state index is 0.00245. The van der Waals surface area contributed by atoms with Crippen LogP contribution in [0.1, 0.15) is 12.5 Å². The van der Waals surface area contributed by atoms with E-state index in [-0.39, 0.29) is 26.3 Å². The van der Waals surface area contributed by atoms with Crippen molar-refractivity contribution in [2.75, 3.05) is 19.8 Å². The first-order chi connectivity index (χ1) is 11.9. The van der Waals surface area contributed by atoms with Gasteiger partial charge >= 0.3 is 18.0 Å². The number of alkyl halides is 2. The average Bonchev–Trinajstić information content (AvgIpc) is 3.09. The number of cyclic esters (lactones) is 1. The van der Waals surface area contributed by atoms with Crippen LogP contribution < -0.4 is 0 Å². The number of halogens is 2. The Kier molecular flexibility index (Phi) is 4.87. The van der Waals surface area contributed by atoms with Gasteiger partial charge in [0.2, 0.25) is 12.3 Å². The summed E-state index contributed by atoms with van der Waals surface area (Å²) in [5, 5.41) is 0.879. The summed E-state index contributed by atoms with van der Waals surface area (Å²) in [7, 11) is 0. The average molecular weight is 356 g/mol. The lowest BCUT2D eigenvalue weighted by atomic mass is 10.1. The molecule has 0 spiro atoms. The molecule has 25 heavy (non-hydrogen) atoms. The van der Waals surface area contributed by atoms with Crippen LogP contribution in [0.5, 0.6) is 0 Å². The first-order valence-electron chi connectivity index (χ1n) is 7.90. The largest absolute Gasteiger partial charge is 0.465 e. The summed E-state index contributed by atoms with van der Waals surface area (Å²) in [4.78, 5) is 29.9. The molecule has 0 bridgehead atoms. The van der Waals surface area contributed by atoms with Crippen molar-refractivity contribution < 1.29 is 32.7 Å². The number of esters is 1. The molecule has 136 valence electrons. The molecule has 0 N–H and O–H groups in total. The molecule has 0 saturated carbocycles. The van der Waals surface area contributed by atoms with Gasteiger partial charge < -0.3 is 9.47 Å². The van der Waals surface area contributed by atoms with Crippen LogP contribution in [0.25, 0.3) is 0 Å². The SMILES string of the molecule is CCOC(=O)[C@@H]1N(Cc2ccccc2)O[C@@H](N2CCOC2=O)C1(F)F. The molecule has 1 aromatic rings. The molecule has 2 saturated heterocycles. The van der Waals surface area contributed by atoms with Gasteiger partial charge in [-0.1, -0.05) is 30.3 Å². The quantitative estimate of drug-likeness (QED) is 0.749. The topological polar surface area (TPSA) is 68.3 Å². The molecule has 1 aromatic carbocycles. The molecule has 0 radical (unpaired) electrons. The lowest BCUT2D eigenvalue weighted by molar-refractivity contribution is -0.210. The Morgan fingerprint density at radius 3 is 2.68 bits per heavy atom. The van der Waals surface area contributed by atoms with E-state index in [1.54, 1.807) is 30.3 Å². The molecular weight excluding hydrogens is 338 g/mol. The van der Waals surface area contributed by atoms with E-state index in [2.05, 4.69) is 0 Å². The zero-order valence-corrected chi connectivity index (χ0v) is 13.6. The van der Waals surface area contributed by atoms with E-state index in [4.69, 9.17) is 14.3 Å². The zero-order valence-electron chi connectivity index (χ0n) is 13.6. The number of ether oxygens (including phenoxy) is 2. The van der Waals surface area contributed by atoms with Crippen molar-refractivity contribution in [3.8, 4) is 0 Å². The Bertz CT molecular complexity index is 643. The molecule has 3 rings (SSSR count). The fourth-order valence-electron chi connectivity index (χ4n) is 2.86. The molecule has 2 atom stereocenters. The predicted octanol–water partition coefficient (Wildman–Crippen LogP) is 1.78. The van der Waals surface area contributed by atoms with Gasteiger partial charge in [-0.2, -0.15) is 13.8 Å². The number of nitrogens with zero attached hydrogens (tertiary/aromatic N) is 2. The second-order valence-electron chi connectivity index (χ2n) is 5.66. The van der Waals surface area contributed by atoms with E-state index in [0.717, 1.165) is 9.96 Å².